The Balaban J connectivity index is 1.39. The van der Waals surface area contributed by atoms with Gasteiger partial charge in [0.1, 0.15) is 23.7 Å². The average Bonchev–Trinajstić information content (AvgIpc) is 3.33. The van der Waals surface area contributed by atoms with Crippen molar-refractivity contribution in [2.75, 3.05) is 38.3 Å². The molecule has 3 heterocycles. The third-order valence-corrected chi connectivity index (χ3v) is 5.16. The molecule has 0 radical (unpaired) electrons. The third-order valence-electron chi connectivity index (χ3n) is 4.91. The number of aromatic nitrogens is 5. The minimum absolute atomic E-state index is 0.0126. The molecule has 4 rings (SSSR count). The highest BCUT2D eigenvalue weighted by molar-refractivity contribution is 7.80. The summed E-state index contributed by atoms with van der Waals surface area (Å²) in [4.78, 5) is 13.7. The first kappa shape index (κ1) is 24.5. The van der Waals surface area contributed by atoms with Gasteiger partial charge in [0.2, 0.25) is 0 Å². The lowest BCUT2D eigenvalue weighted by molar-refractivity contribution is 0.0705. The smallest absolute Gasteiger partial charge is 0.180 e. The summed E-state index contributed by atoms with van der Waals surface area (Å²) >= 11 is 5.23. The van der Waals surface area contributed by atoms with E-state index in [1.807, 2.05) is 54.2 Å². The molecule has 0 bridgehead atoms. The van der Waals surface area contributed by atoms with Gasteiger partial charge in [-0.1, -0.05) is 12.1 Å². The molecule has 4 aromatic rings. The van der Waals surface area contributed by atoms with Gasteiger partial charge in [-0.25, -0.2) is 9.97 Å². The molecule has 0 saturated heterocycles. The number of pyridine rings is 1. The third kappa shape index (κ3) is 6.92. The number of aliphatic hydroxyl groups excluding tert-OH is 1. The number of hydrogen-bond donors (Lipinski definition) is 3. The predicted molar refractivity (Wildman–Crippen MR) is 137 cm³/mol. The molecule has 0 atom stereocenters. The Morgan fingerprint density at radius 2 is 1.91 bits per heavy atom. The molecular formula is C24H27N7O3S. The Hall–Kier alpha value is -3.67. The Bertz CT molecular complexity index is 1260. The van der Waals surface area contributed by atoms with Crippen LogP contribution in [0.15, 0.2) is 55.0 Å². The number of aliphatic hydroxyl groups is 1. The van der Waals surface area contributed by atoms with Crippen LogP contribution in [-0.2, 0) is 11.3 Å². The Morgan fingerprint density at radius 1 is 1.06 bits per heavy atom. The summed E-state index contributed by atoms with van der Waals surface area (Å²) in [5.74, 6) is 1.37. The van der Waals surface area contributed by atoms with Gasteiger partial charge in [-0.3, -0.25) is 9.67 Å². The van der Waals surface area contributed by atoms with E-state index < -0.39 is 0 Å². The molecule has 35 heavy (non-hydrogen) atoms. The van der Waals surface area contributed by atoms with Crippen LogP contribution in [0.25, 0.3) is 22.4 Å². The number of nitrogens with one attached hydrogen (secondary N) is 2. The standard InChI is InChI=1S/C24H27N7O3S/c1-2-25-24(35)30-22-8-7-20-23(29-22)28-21(14-26-20)18-13-27-31(16-18)15-17-3-5-19(6-4-17)34-12-11-33-10-9-32/h3-8,13-14,16,32H,2,9-12,15H2,1H3,(H2,25,28,29,30,35). The second kappa shape index (κ2) is 12.2. The summed E-state index contributed by atoms with van der Waals surface area (Å²) in [7, 11) is 0. The van der Waals surface area contributed by atoms with Gasteiger partial charge in [-0.15, -0.1) is 0 Å². The molecule has 1 aromatic carbocycles. The van der Waals surface area contributed by atoms with Crippen LogP contribution < -0.4 is 15.4 Å². The van der Waals surface area contributed by atoms with Crippen molar-refractivity contribution >= 4 is 34.3 Å². The summed E-state index contributed by atoms with van der Waals surface area (Å²) in [5.41, 5.74) is 3.85. The number of rotatable bonds is 11. The second-order valence-electron chi connectivity index (χ2n) is 7.53. The van der Waals surface area contributed by atoms with E-state index in [1.54, 1.807) is 12.4 Å². The van der Waals surface area contributed by atoms with Gasteiger partial charge in [-0.2, -0.15) is 5.10 Å². The molecule has 3 N–H and O–H groups in total. The van der Waals surface area contributed by atoms with E-state index >= 15 is 0 Å². The highest BCUT2D eigenvalue weighted by Gasteiger charge is 2.09. The maximum absolute atomic E-state index is 8.70. The quantitative estimate of drug-likeness (QED) is 0.212. The van der Waals surface area contributed by atoms with Crippen molar-refractivity contribution in [3.8, 4) is 17.0 Å². The van der Waals surface area contributed by atoms with E-state index in [0.717, 1.165) is 23.4 Å². The molecule has 11 heteroatoms. The van der Waals surface area contributed by atoms with Crippen molar-refractivity contribution in [1.29, 1.82) is 0 Å². The van der Waals surface area contributed by atoms with Crippen LogP contribution >= 0.6 is 12.2 Å². The first-order chi connectivity index (χ1) is 17.1. The maximum atomic E-state index is 8.70. The molecule has 3 aromatic heterocycles. The lowest BCUT2D eigenvalue weighted by atomic mass is 10.2. The van der Waals surface area contributed by atoms with E-state index in [4.69, 9.17) is 26.8 Å². The van der Waals surface area contributed by atoms with Crippen molar-refractivity contribution < 1.29 is 14.6 Å². The van der Waals surface area contributed by atoms with Gasteiger partial charge >= 0.3 is 0 Å². The van der Waals surface area contributed by atoms with Gasteiger partial charge in [0.15, 0.2) is 10.8 Å². The van der Waals surface area contributed by atoms with E-state index in [-0.39, 0.29) is 6.61 Å². The molecule has 0 fully saturated rings. The molecular weight excluding hydrogens is 466 g/mol. The fraction of sp³-hybridized carbons (Fsp3) is 0.292. The fourth-order valence-corrected chi connectivity index (χ4v) is 3.52. The number of thiocarbonyl (C=S) groups is 1. The molecule has 0 saturated carbocycles. The minimum Gasteiger partial charge on any atom is -0.491 e. The Kier molecular flexibility index (Phi) is 8.49. The summed E-state index contributed by atoms with van der Waals surface area (Å²) < 4.78 is 12.7. The van der Waals surface area contributed by atoms with Gasteiger partial charge in [0.05, 0.1) is 44.5 Å². The van der Waals surface area contributed by atoms with Crippen LogP contribution in [0.4, 0.5) is 5.82 Å². The summed E-state index contributed by atoms with van der Waals surface area (Å²) in [6.07, 6.45) is 5.42. The van der Waals surface area contributed by atoms with Crippen molar-refractivity contribution in [3.63, 3.8) is 0 Å². The number of benzene rings is 1. The normalized spacial score (nSPS) is 10.9. The second-order valence-corrected chi connectivity index (χ2v) is 7.94. The Labute approximate surface area is 208 Å². The topological polar surface area (TPSA) is 119 Å². The van der Waals surface area contributed by atoms with E-state index in [0.29, 0.717) is 54.2 Å². The lowest BCUT2D eigenvalue weighted by Crippen LogP contribution is -2.28. The van der Waals surface area contributed by atoms with Gasteiger partial charge in [0.25, 0.3) is 0 Å². The van der Waals surface area contributed by atoms with Crippen molar-refractivity contribution in [2.24, 2.45) is 0 Å². The zero-order valence-corrected chi connectivity index (χ0v) is 20.2. The van der Waals surface area contributed by atoms with E-state index in [1.165, 1.54) is 0 Å². The van der Waals surface area contributed by atoms with Gasteiger partial charge in [0, 0.05) is 18.3 Å². The Morgan fingerprint density at radius 3 is 2.71 bits per heavy atom. The molecule has 0 unspecified atom stereocenters. The molecule has 0 spiro atoms. The molecule has 0 aliphatic rings. The largest absolute Gasteiger partial charge is 0.491 e. The number of hydrogen-bond acceptors (Lipinski definition) is 8. The van der Waals surface area contributed by atoms with E-state index in [2.05, 4.69) is 30.7 Å². The lowest BCUT2D eigenvalue weighted by Gasteiger charge is -2.08. The first-order valence-electron chi connectivity index (χ1n) is 11.3. The van der Waals surface area contributed by atoms with Gasteiger partial charge in [-0.05, 0) is 49.0 Å². The molecule has 0 aliphatic heterocycles. The summed E-state index contributed by atoms with van der Waals surface area (Å²) in [6.45, 7) is 4.51. The highest BCUT2D eigenvalue weighted by atomic mass is 32.1. The van der Waals surface area contributed by atoms with Crippen LogP contribution in [0, 0.1) is 0 Å². The monoisotopic (exact) mass is 493 g/mol. The molecule has 182 valence electrons. The first-order valence-corrected chi connectivity index (χ1v) is 11.7. The van der Waals surface area contributed by atoms with Crippen LogP contribution in [0.5, 0.6) is 5.75 Å². The zero-order chi connectivity index (χ0) is 24.5. The van der Waals surface area contributed by atoms with Crippen LogP contribution in [0.3, 0.4) is 0 Å². The van der Waals surface area contributed by atoms with E-state index in [9.17, 15) is 0 Å². The molecule has 10 nitrogen and oxygen atoms in total. The summed E-state index contributed by atoms with van der Waals surface area (Å²) in [6, 6.07) is 11.5. The van der Waals surface area contributed by atoms with Crippen LogP contribution in [0.2, 0.25) is 0 Å². The number of anilines is 1. The SMILES string of the molecule is CCNC(=S)Nc1ccc2ncc(-c3cnn(Cc4ccc(OCCOCCO)cc4)c3)nc2n1. The number of ether oxygens (including phenoxy) is 2. The zero-order valence-electron chi connectivity index (χ0n) is 19.3. The van der Waals surface area contributed by atoms with Crippen molar-refractivity contribution in [2.45, 2.75) is 13.5 Å². The van der Waals surface area contributed by atoms with Gasteiger partial charge < -0.3 is 25.2 Å². The van der Waals surface area contributed by atoms with Crippen LogP contribution in [-0.4, -0.2) is 67.9 Å². The number of fused-ring (bicyclic) bond motifs is 1. The van der Waals surface area contributed by atoms with Crippen LogP contribution in [0.1, 0.15) is 12.5 Å². The predicted octanol–water partition coefficient (Wildman–Crippen LogP) is 2.63. The van der Waals surface area contributed by atoms with Crippen molar-refractivity contribution in [3.05, 3.63) is 60.6 Å². The molecule has 0 aliphatic carbocycles. The fourth-order valence-electron chi connectivity index (χ4n) is 3.27. The average molecular weight is 494 g/mol. The van der Waals surface area contributed by atoms with Crippen molar-refractivity contribution in [1.82, 2.24) is 30.0 Å². The minimum atomic E-state index is 0.0126. The maximum Gasteiger partial charge on any atom is 0.180 e. The summed E-state index contributed by atoms with van der Waals surface area (Å²) in [5, 5.41) is 19.8. The highest BCUT2D eigenvalue weighted by Crippen LogP contribution is 2.20. The molecule has 0 amide bonds. The number of nitrogens with zero attached hydrogens (tertiary/aromatic N) is 5.